The zero-order valence-electron chi connectivity index (χ0n) is 18.0. The average Bonchev–Trinajstić information content (AvgIpc) is 3.60. The van der Waals surface area contributed by atoms with Gasteiger partial charge in [0.1, 0.15) is 18.1 Å². The molecule has 0 unspecified atom stereocenters. The molecule has 2 aromatic carbocycles. The molecule has 1 aromatic heterocycles. The predicted molar refractivity (Wildman–Crippen MR) is 126 cm³/mol. The summed E-state index contributed by atoms with van der Waals surface area (Å²) in [4.78, 5) is 16.4. The molecule has 3 aromatic rings. The summed E-state index contributed by atoms with van der Waals surface area (Å²) in [5.41, 5.74) is 2.53. The highest BCUT2D eigenvalue weighted by molar-refractivity contribution is 7.89. The van der Waals surface area contributed by atoms with Crippen LogP contribution >= 0.6 is 11.6 Å². The fourth-order valence-corrected chi connectivity index (χ4v) is 3.81. The van der Waals surface area contributed by atoms with Crippen LogP contribution in [0.3, 0.4) is 0 Å². The molecule has 7 nitrogen and oxygen atoms in total. The Morgan fingerprint density at radius 1 is 1.09 bits per heavy atom. The van der Waals surface area contributed by atoms with Crippen LogP contribution in [0.1, 0.15) is 28.8 Å². The monoisotopic (exact) mass is 486 g/mol. The minimum Gasteiger partial charge on any atom is -0.492 e. The number of amides is 1. The van der Waals surface area contributed by atoms with Crippen LogP contribution in [0.4, 0.5) is 0 Å². The Morgan fingerprint density at radius 3 is 2.52 bits per heavy atom. The van der Waals surface area contributed by atoms with Crippen molar-refractivity contribution in [2.75, 3.05) is 12.9 Å². The molecule has 1 aliphatic rings. The molecule has 0 atom stereocenters. The number of carbonyl (C=O) groups is 1. The molecule has 0 bridgehead atoms. The van der Waals surface area contributed by atoms with Crippen molar-refractivity contribution < 1.29 is 22.7 Å². The second-order valence-corrected chi connectivity index (χ2v) is 10.1. The van der Waals surface area contributed by atoms with Gasteiger partial charge in [-0.2, -0.15) is 0 Å². The normalized spacial score (nSPS) is 13.4. The SMILES string of the molecule is CS(=O)(=O)NC(=O)c1ccc(COc2cccc(-c3ncc(OCC4CC4)cc3Cl)c2)cc1. The van der Waals surface area contributed by atoms with Gasteiger partial charge in [0.2, 0.25) is 10.0 Å². The highest BCUT2D eigenvalue weighted by Crippen LogP contribution is 2.33. The van der Waals surface area contributed by atoms with Crippen molar-refractivity contribution in [3.63, 3.8) is 0 Å². The summed E-state index contributed by atoms with van der Waals surface area (Å²) >= 11 is 6.45. The molecule has 1 heterocycles. The molecule has 33 heavy (non-hydrogen) atoms. The highest BCUT2D eigenvalue weighted by Gasteiger charge is 2.22. The summed E-state index contributed by atoms with van der Waals surface area (Å²) in [6.45, 7) is 0.969. The van der Waals surface area contributed by atoms with Crippen LogP contribution in [0.2, 0.25) is 5.02 Å². The lowest BCUT2D eigenvalue weighted by atomic mass is 10.1. The van der Waals surface area contributed by atoms with Crippen LogP contribution in [0.25, 0.3) is 11.3 Å². The number of benzene rings is 2. The molecule has 1 N–H and O–H groups in total. The van der Waals surface area contributed by atoms with E-state index < -0.39 is 15.9 Å². The Labute approximate surface area is 197 Å². The van der Waals surface area contributed by atoms with Gasteiger partial charge in [0.25, 0.3) is 5.91 Å². The summed E-state index contributed by atoms with van der Waals surface area (Å²) in [7, 11) is -3.61. The van der Waals surface area contributed by atoms with Crippen LogP contribution in [0, 0.1) is 5.92 Å². The topological polar surface area (TPSA) is 94.6 Å². The van der Waals surface area contributed by atoms with Gasteiger partial charge in [0.15, 0.2) is 0 Å². The smallest absolute Gasteiger partial charge is 0.264 e. The molecule has 172 valence electrons. The standard InChI is InChI=1S/C24H23ClN2O5S/c1-33(29,30)27-24(28)18-9-7-17(8-10-18)14-31-20-4-2-3-19(11-20)23-22(25)12-21(13-26-23)32-15-16-5-6-16/h2-4,7-13,16H,5-6,14-15H2,1H3,(H,27,28). The number of halogens is 1. The van der Waals surface area contributed by atoms with Crippen molar-refractivity contribution in [3.8, 4) is 22.8 Å². The number of aromatic nitrogens is 1. The number of hydrogen-bond donors (Lipinski definition) is 1. The Kier molecular flexibility index (Phi) is 6.85. The van der Waals surface area contributed by atoms with E-state index in [0.29, 0.717) is 34.7 Å². The number of carbonyl (C=O) groups excluding carboxylic acids is 1. The molecule has 0 saturated heterocycles. The molecular formula is C24H23ClN2O5S. The van der Waals surface area contributed by atoms with Crippen molar-refractivity contribution in [1.82, 2.24) is 9.71 Å². The van der Waals surface area contributed by atoms with Crippen molar-refractivity contribution in [3.05, 3.63) is 76.9 Å². The van der Waals surface area contributed by atoms with Crippen molar-refractivity contribution in [2.24, 2.45) is 5.92 Å². The lowest BCUT2D eigenvalue weighted by molar-refractivity contribution is 0.0981. The first-order chi connectivity index (χ1) is 15.8. The quantitative estimate of drug-likeness (QED) is 0.480. The molecular weight excluding hydrogens is 464 g/mol. The van der Waals surface area contributed by atoms with E-state index >= 15 is 0 Å². The van der Waals surface area contributed by atoms with Gasteiger partial charge in [-0.05, 0) is 48.6 Å². The van der Waals surface area contributed by atoms with Gasteiger partial charge in [-0.15, -0.1) is 0 Å². The Bertz CT molecular complexity index is 1260. The second-order valence-electron chi connectivity index (χ2n) is 7.97. The number of nitrogens with one attached hydrogen (secondary N) is 1. The van der Waals surface area contributed by atoms with Gasteiger partial charge in [0, 0.05) is 17.2 Å². The number of pyridine rings is 1. The molecule has 0 aliphatic heterocycles. The molecule has 4 rings (SSSR count). The molecule has 1 aliphatic carbocycles. The number of rotatable bonds is 9. The van der Waals surface area contributed by atoms with E-state index in [2.05, 4.69) is 4.98 Å². The second kappa shape index (κ2) is 9.80. The first kappa shape index (κ1) is 23.1. The third kappa shape index (κ3) is 6.69. The molecule has 9 heteroatoms. The Morgan fingerprint density at radius 2 is 1.85 bits per heavy atom. The van der Waals surface area contributed by atoms with Crippen LogP contribution in [0.15, 0.2) is 60.8 Å². The van der Waals surface area contributed by atoms with Crippen LogP contribution < -0.4 is 14.2 Å². The van der Waals surface area contributed by atoms with Crippen LogP contribution in [-0.4, -0.2) is 32.2 Å². The van der Waals surface area contributed by atoms with E-state index in [4.69, 9.17) is 21.1 Å². The molecule has 1 amide bonds. The molecule has 1 saturated carbocycles. The fourth-order valence-electron chi connectivity index (χ4n) is 3.09. The number of hydrogen-bond acceptors (Lipinski definition) is 6. The van der Waals surface area contributed by atoms with Crippen molar-refractivity contribution >= 4 is 27.5 Å². The van der Waals surface area contributed by atoms with E-state index in [1.807, 2.05) is 29.0 Å². The third-order valence-corrected chi connectivity index (χ3v) is 5.85. The van der Waals surface area contributed by atoms with E-state index in [0.717, 1.165) is 17.4 Å². The van der Waals surface area contributed by atoms with E-state index in [1.165, 1.54) is 12.8 Å². The zero-order chi connectivity index (χ0) is 23.4. The van der Waals surface area contributed by atoms with Gasteiger partial charge in [-0.3, -0.25) is 9.78 Å². The Hall–Kier alpha value is -3.10. The summed E-state index contributed by atoms with van der Waals surface area (Å²) in [6.07, 6.45) is 5.04. The van der Waals surface area contributed by atoms with Crippen molar-refractivity contribution in [2.45, 2.75) is 19.4 Å². The first-order valence-corrected chi connectivity index (χ1v) is 12.7. The Balaban J connectivity index is 1.38. The maximum Gasteiger partial charge on any atom is 0.264 e. The first-order valence-electron chi connectivity index (χ1n) is 10.4. The minimum absolute atomic E-state index is 0.247. The number of sulfonamides is 1. The zero-order valence-corrected chi connectivity index (χ0v) is 19.5. The molecule has 0 spiro atoms. The van der Waals surface area contributed by atoms with Gasteiger partial charge in [-0.1, -0.05) is 35.9 Å². The van der Waals surface area contributed by atoms with Crippen molar-refractivity contribution in [1.29, 1.82) is 0 Å². The van der Waals surface area contributed by atoms with E-state index in [1.54, 1.807) is 36.5 Å². The maximum atomic E-state index is 11.9. The summed E-state index contributed by atoms with van der Waals surface area (Å²) in [5.74, 6) is 1.28. The summed E-state index contributed by atoms with van der Waals surface area (Å²) in [5, 5.41) is 0.503. The summed E-state index contributed by atoms with van der Waals surface area (Å²) in [6, 6.07) is 15.7. The van der Waals surface area contributed by atoms with Crippen LogP contribution in [0.5, 0.6) is 11.5 Å². The lowest BCUT2D eigenvalue weighted by Crippen LogP contribution is -2.29. The van der Waals surface area contributed by atoms with E-state index in [9.17, 15) is 13.2 Å². The molecule has 0 radical (unpaired) electrons. The molecule has 1 fully saturated rings. The average molecular weight is 487 g/mol. The largest absolute Gasteiger partial charge is 0.492 e. The third-order valence-electron chi connectivity index (χ3n) is 5.01. The van der Waals surface area contributed by atoms with Gasteiger partial charge >= 0.3 is 0 Å². The van der Waals surface area contributed by atoms with Crippen LogP contribution in [-0.2, 0) is 16.6 Å². The predicted octanol–water partition coefficient (Wildman–Crippen LogP) is 4.46. The maximum absolute atomic E-state index is 11.9. The lowest BCUT2D eigenvalue weighted by Gasteiger charge is -2.11. The minimum atomic E-state index is -3.61. The highest BCUT2D eigenvalue weighted by atomic mass is 35.5. The van der Waals surface area contributed by atoms with Gasteiger partial charge in [0.05, 0.1) is 29.8 Å². The van der Waals surface area contributed by atoms with Gasteiger partial charge < -0.3 is 9.47 Å². The number of nitrogens with zero attached hydrogens (tertiary/aromatic N) is 1. The van der Waals surface area contributed by atoms with Gasteiger partial charge in [-0.25, -0.2) is 13.1 Å². The fraction of sp³-hybridized carbons (Fsp3) is 0.250. The summed E-state index contributed by atoms with van der Waals surface area (Å²) < 4.78 is 35.9. The van der Waals surface area contributed by atoms with E-state index in [-0.39, 0.29) is 12.2 Å². The number of ether oxygens (including phenoxy) is 2.